The second-order valence-corrected chi connectivity index (χ2v) is 5.57. The average Bonchev–Trinajstić information content (AvgIpc) is 2.54. The molecule has 0 fully saturated rings. The van der Waals surface area contributed by atoms with Crippen molar-refractivity contribution in [3.63, 3.8) is 0 Å². The molecule has 4 nitrogen and oxygen atoms in total. The minimum Gasteiger partial charge on any atom is -0.508 e. The highest BCUT2D eigenvalue weighted by Gasteiger charge is 2.10. The fourth-order valence-corrected chi connectivity index (χ4v) is 2.62. The molecule has 2 rings (SSSR count). The molecule has 0 aromatic heterocycles. The van der Waals surface area contributed by atoms with Crippen LogP contribution in [0.5, 0.6) is 17.2 Å². The number of hydrogen-bond acceptors (Lipinski definition) is 4. The molecule has 0 heterocycles. The molecule has 0 saturated carbocycles. The van der Waals surface area contributed by atoms with Crippen molar-refractivity contribution >= 4 is 27.8 Å². The number of hydrogen-bond donors (Lipinski definition) is 1. The van der Waals surface area contributed by atoms with Crippen LogP contribution in [0.4, 0.5) is 0 Å². The molecular formula is C18H17BrO4. The molecule has 23 heavy (non-hydrogen) atoms. The van der Waals surface area contributed by atoms with Crippen LogP contribution in [0.2, 0.25) is 0 Å². The summed E-state index contributed by atoms with van der Waals surface area (Å²) in [6, 6.07) is 9.88. The number of rotatable bonds is 6. The van der Waals surface area contributed by atoms with E-state index in [0.717, 1.165) is 10.0 Å². The van der Waals surface area contributed by atoms with E-state index >= 15 is 0 Å². The van der Waals surface area contributed by atoms with Crippen LogP contribution in [0.25, 0.3) is 6.08 Å². The Kier molecular flexibility index (Phi) is 5.82. The predicted octanol–water partition coefficient (Wildman–Crippen LogP) is 4.46. The highest BCUT2D eigenvalue weighted by molar-refractivity contribution is 9.10. The first-order valence-electron chi connectivity index (χ1n) is 7.07. The summed E-state index contributed by atoms with van der Waals surface area (Å²) in [6.07, 6.45) is 3.14. The van der Waals surface area contributed by atoms with E-state index in [1.165, 1.54) is 18.2 Å². The minimum atomic E-state index is -0.190. The monoisotopic (exact) mass is 376 g/mol. The molecule has 2 aromatic carbocycles. The summed E-state index contributed by atoms with van der Waals surface area (Å²) in [7, 11) is 1.57. The summed E-state index contributed by atoms with van der Waals surface area (Å²) >= 11 is 3.44. The van der Waals surface area contributed by atoms with E-state index in [-0.39, 0.29) is 11.5 Å². The topological polar surface area (TPSA) is 55.8 Å². The van der Waals surface area contributed by atoms with Gasteiger partial charge in [-0.05, 0) is 58.8 Å². The lowest BCUT2D eigenvalue weighted by molar-refractivity contribution is 0.104. The summed E-state index contributed by atoms with van der Waals surface area (Å²) in [6.45, 7) is 2.42. The lowest BCUT2D eigenvalue weighted by Crippen LogP contribution is -1.97. The molecular weight excluding hydrogens is 360 g/mol. The predicted molar refractivity (Wildman–Crippen MR) is 93.3 cm³/mol. The van der Waals surface area contributed by atoms with Gasteiger partial charge in [0, 0.05) is 5.56 Å². The third kappa shape index (κ3) is 4.36. The zero-order valence-electron chi connectivity index (χ0n) is 12.9. The number of ether oxygens (including phenoxy) is 2. The third-order valence-electron chi connectivity index (χ3n) is 3.10. The fraction of sp³-hybridized carbons (Fsp3) is 0.167. The van der Waals surface area contributed by atoms with Gasteiger partial charge in [0.2, 0.25) is 0 Å². The van der Waals surface area contributed by atoms with Crippen molar-refractivity contribution in [1.29, 1.82) is 0 Å². The van der Waals surface area contributed by atoms with Crippen molar-refractivity contribution in [3.8, 4) is 17.2 Å². The van der Waals surface area contributed by atoms with Gasteiger partial charge in [-0.3, -0.25) is 4.79 Å². The number of ketones is 1. The molecule has 1 N–H and O–H groups in total. The van der Waals surface area contributed by atoms with Gasteiger partial charge in [-0.25, -0.2) is 0 Å². The number of benzene rings is 2. The molecule has 0 saturated heterocycles. The molecule has 0 amide bonds. The van der Waals surface area contributed by atoms with Gasteiger partial charge in [0.1, 0.15) is 5.75 Å². The number of halogens is 1. The quantitative estimate of drug-likeness (QED) is 0.597. The normalized spacial score (nSPS) is 10.7. The van der Waals surface area contributed by atoms with Crippen LogP contribution in [0.15, 0.2) is 46.9 Å². The molecule has 0 spiro atoms. The second-order valence-electron chi connectivity index (χ2n) is 4.72. The Bertz CT molecular complexity index is 738. The number of carbonyl (C=O) groups is 1. The number of allylic oxidation sites excluding steroid dienone is 1. The van der Waals surface area contributed by atoms with Crippen LogP contribution in [-0.4, -0.2) is 24.6 Å². The van der Waals surface area contributed by atoms with E-state index in [1.807, 2.05) is 13.0 Å². The van der Waals surface area contributed by atoms with Crippen LogP contribution in [0.1, 0.15) is 22.8 Å². The lowest BCUT2D eigenvalue weighted by atomic mass is 10.1. The van der Waals surface area contributed by atoms with Crippen molar-refractivity contribution < 1.29 is 19.4 Å². The van der Waals surface area contributed by atoms with Gasteiger partial charge in [-0.2, -0.15) is 0 Å². The fourth-order valence-electron chi connectivity index (χ4n) is 2.05. The van der Waals surface area contributed by atoms with Crippen LogP contribution in [-0.2, 0) is 0 Å². The minimum absolute atomic E-state index is 0.0646. The van der Waals surface area contributed by atoms with Crippen molar-refractivity contribution in [2.24, 2.45) is 0 Å². The Balaban J connectivity index is 2.25. The zero-order valence-corrected chi connectivity index (χ0v) is 14.5. The first-order chi connectivity index (χ1) is 11.0. The van der Waals surface area contributed by atoms with E-state index in [0.29, 0.717) is 23.7 Å². The molecule has 0 atom stereocenters. The van der Waals surface area contributed by atoms with E-state index in [1.54, 1.807) is 31.4 Å². The average molecular weight is 377 g/mol. The highest BCUT2D eigenvalue weighted by atomic mass is 79.9. The standard InChI is InChI=1S/C18H17BrO4/c1-3-23-18-15(19)9-12(10-17(18)22-2)7-8-16(21)13-5-4-6-14(20)11-13/h4-11,20H,3H2,1-2H3/b8-7+. The Morgan fingerprint density at radius 3 is 2.74 bits per heavy atom. The van der Waals surface area contributed by atoms with Gasteiger partial charge in [0.25, 0.3) is 0 Å². The number of aromatic hydroxyl groups is 1. The maximum atomic E-state index is 12.1. The van der Waals surface area contributed by atoms with Crippen molar-refractivity contribution in [2.75, 3.05) is 13.7 Å². The summed E-state index contributed by atoms with van der Waals surface area (Å²) in [5, 5.41) is 9.42. The van der Waals surface area contributed by atoms with Crippen LogP contribution >= 0.6 is 15.9 Å². The molecule has 0 unspecified atom stereocenters. The van der Waals surface area contributed by atoms with Gasteiger partial charge in [-0.15, -0.1) is 0 Å². The Hall–Kier alpha value is -2.27. The van der Waals surface area contributed by atoms with E-state index < -0.39 is 0 Å². The molecule has 0 bridgehead atoms. The Morgan fingerprint density at radius 2 is 2.09 bits per heavy atom. The number of methoxy groups -OCH3 is 1. The van der Waals surface area contributed by atoms with Crippen LogP contribution in [0, 0.1) is 0 Å². The molecule has 5 heteroatoms. The van der Waals surface area contributed by atoms with E-state index in [9.17, 15) is 9.90 Å². The lowest BCUT2D eigenvalue weighted by Gasteiger charge is -2.12. The van der Waals surface area contributed by atoms with Gasteiger partial charge >= 0.3 is 0 Å². The SMILES string of the molecule is CCOc1c(Br)cc(/C=C/C(=O)c2cccc(O)c2)cc1OC. The molecule has 0 aliphatic heterocycles. The second kappa shape index (κ2) is 7.83. The maximum absolute atomic E-state index is 12.1. The van der Waals surface area contributed by atoms with Crippen molar-refractivity contribution in [3.05, 3.63) is 58.1 Å². The highest BCUT2D eigenvalue weighted by Crippen LogP contribution is 2.37. The van der Waals surface area contributed by atoms with E-state index in [4.69, 9.17) is 9.47 Å². The van der Waals surface area contributed by atoms with Gasteiger partial charge < -0.3 is 14.6 Å². The van der Waals surface area contributed by atoms with Crippen molar-refractivity contribution in [2.45, 2.75) is 6.92 Å². The van der Waals surface area contributed by atoms with Gasteiger partial charge in [0.05, 0.1) is 18.2 Å². The van der Waals surface area contributed by atoms with Crippen LogP contribution in [0.3, 0.4) is 0 Å². The summed E-state index contributed by atoms with van der Waals surface area (Å²) in [5.74, 6) is 1.09. The van der Waals surface area contributed by atoms with Gasteiger partial charge in [0.15, 0.2) is 17.3 Å². The summed E-state index contributed by atoms with van der Waals surface area (Å²) in [4.78, 5) is 12.1. The Labute approximate surface area is 143 Å². The molecule has 2 aromatic rings. The molecule has 0 aliphatic carbocycles. The van der Waals surface area contributed by atoms with E-state index in [2.05, 4.69) is 15.9 Å². The van der Waals surface area contributed by atoms with Crippen molar-refractivity contribution in [1.82, 2.24) is 0 Å². The number of phenolic OH excluding ortho intramolecular Hbond substituents is 1. The number of carbonyl (C=O) groups excluding carboxylic acids is 1. The first-order valence-corrected chi connectivity index (χ1v) is 7.86. The Morgan fingerprint density at radius 1 is 1.30 bits per heavy atom. The number of phenols is 1. The maximum Gasteiger partial charge on any atom is 0.185 e. The van der Waals surface area contributed by atoms with Gasteiger partial charge in [-0.1, -0.05) is 18.2 Å². The first kappa shape index (κ1) is 17.1. The zero-order chi connectivity index (χ0) is 16.8. The molecule has 0 radical (unpaired) electrons. The largest absolute Gasteiger partial charge is 0.508 e. The van der Waals surface area contributed by atoms with Crippen LogP contribution < -0.4 is 9.47 Å². The summed E-state index contributed by atoms with van der Waals surface area (Å²) < 4.78 is 11.6. The third-order valence-corrected chi connectivity index (χ3v) is 3.69. The smallest absolute Gasteiger partial charge is 0.185 e. The molecule has 120 valence electrons. The molecule has 0 aliphatic rings. The summed E-state index contributed by atoms with van der Waals surface area (Å²) in [5.41, 5.74) is 1.23.